The molecule has 1 aliphatic heterocycles. The molecule has 0 spiro atoms. The Morgan fingerprint density at radius 3 is 2.26 bits per heavy atom. The van der Waals surface area contributed by atoms with Gasteiger partial charge in [-0.1, -0.05) is 28.1 Å². The summed E-state index contributed by atoms with van der Waals surface area (Å²) >= 11 is 3.37. The van der Waals surface area contributed by atoms with Crippen LogP contribution in [-0.2, 0) is 14.6 Å². The van der Waals surface area contributed by atoms with E-state index in [0.717, 1.165) is 16.3 Å². The van der Waals surface area contributed by atoms with E-state index in [0.29, 0.717) is 25.9 Å². The maximum atomic E-state index is 12.7. The van der Waals surface area contributed by atoms with Crippen molar-refractivity contribution in [3.63, 3.8) is 0 Å². The Balaban J connectivity index is 0.00000264. The number of carbonyl (C=O) groups is 1. The van der Waals surface area contributed by atoms with Crippen LogP contribution in [-0.4, -0.2) is 38.4 Å². The van der Waals surface area contributed by atoms with Gasteiger partial charge in [-0.05, 0) is 50.6 Å². The summed E-state index contributed by atoms with van der Waals surface area (Å²) in [5.74, 6) is -0.396. The molecular weight excluding hydrogens is 404 g/mol. The van der Waals surface area contributed by atoms with Crippen molar-refractivity contribution in [1.29, 1.82) is 0 Å². The summed E-state index contributed by atoms with van der Waals surface area (Å²) in [6.45, 7) is 2.93. The van der Waals surface area contributed by atoms with Gasteiger partial charge in [0.25, 0.3) is 0 Å². The van der Waals surface area contributed by atoms with Crippen molar-refractivity contribution in [2.45, 2.75) is 30.6 Å². The maximum absolute atomic E-state index is 12.7. The fourth-order valence-corrected chi connectivity index (χ4v) is 4.37. The standard InChI is InChI=1S/C15H21BrN2O3S.ClH/c1-11(12-3-5-13(16)6-4-12)18-14(19)15(22(2,20)21)7-9-17-10-8-15;/h3-6,11,17H,7-10H2,1-2H3,(H,18,19);1H. The van der Waals surface area contributed by atoms with Crippen molar-refractivity contribution >= 4 is 44.1 Å². The topological polar surface area (TPSA) is 75.3 Å². The van der Waals surface area contributed by atoms with Crippen LogP contribution >= 0.6 is 28.3 Å². The van der Waals surface area contributed by atoms with E-state index in [4.69, 9.17) is 0 Å². The Morgan fingerprint density at radius 2 is 1.78 bits per heavy atom. The fourth-order valence-electron chi connectivity index (χ4n) is 2.76. The van der Waals surface area contributed by atoms with E-state index in [9.17, 15) is 13.2 Å². The second-order valence-electron chi connectivity index (χ2n) is 5.76. The van der Waals surface area contributed by atoms with E-state index in [1.807, 2.05) is 31.2 Å². The predicted molar refractivity (Wildman–Crippen MR) is 97.6 cm³/mol. The molecule has 1 fully saturated rings. The van der Waals surface area contributed by atoms with Crippen LogP contribution in [0.3, 0.4) is 0 Å². The third-order valence-corrected chi connectivity index (χ3v) is 6.79. The summed E-state index contributed by atoms with van der Waals surface area (Å²) in [6, 6.07) is 7.37. The van der Waals surface area contributed by atoms with Crippen LogP contribution < -0.4 is 10.6 Å². The van der Waals surface area contributed by atoms with Crippen LogP contribution in [0.5, 0.6) is 0 Å². The largest absolute Gasteiger partial charge is 0.348 e. The lowest BCUT2D eigenvalue weighted by Gasteiger charge is -2.35. The Hall–Kier alpha value is -0.630. The molecule has 1 saturated heterocycles. The van der Waals surface area contributed by atoms with Crippen molar-refractivity contribution in [2.75, 3.05) is 19.3 Å². The smallest absolute Gasteiger partial charge is 0.242 e. The monoisotopic (exact) mass is 424 g/mol. The number of hydrogen-bond donors (Lipinski definition) is 2. The molecule has 8 heteroatoms. The Labute approximate surface area is 152 Å². The number of halogens is 2. The van der Waals surface area contributed by atoms with Crippen LogP contribution in [0.1, 0.15) is 31.4 Å². The van der Waals surface area contributed by atoms with Crippen LogP contribution in [0.4, 0.5) is 0 Å². The number of sulfone groups is 1. The first-order chi connectivity index (χ1) is 10.3. The summed E-state index contributed by atoms with van der Waals surface area (Å²) < 4.78 is 24.1. The van der Waals surface area contributed by atoms with Crippen molar-refractivity contribution in [2.24, 2.45) is 0 Å². The normalized spacial score (nSPS) is 18.6. The highest BCUT2D eigenvalue weighted by molar-refractivity contribution is 9.10. The van der Waals surface area contributed by atoms with Gasteiger partial charge in [0.1, 0.15) is 0 Å². The van der Waals surface area contributed by atoms with Gasteiger partial charge in [0, 0.05) is 10.7 Å². The molecule has 2 rings (SSSR count). The van der Waals surface area contributed by atoms with E-state index in [-0.39, 0.29) is 18.4 Å². The van der Waals surface area contributed by atoms with Crippen molar-refractivity contribution in [1.82, 2.24) is 10.6 Å². The summed E-state index contributed by atoms with van der Waals surface area (Å²) in [6.07, 6.45) is 1.78. The minimum Gasteiger partial charge on any atom is -0.348 e. The Kier molecular flexibility index (Phi) is 7.07. The minimum absolute atomic E-state index is 0. The highest BCUT2D eigenvalue weighted by Gasteiger charge is 2.48. The molecule has 1 aromatic carbocycles. The van der Waals surface area contributed by atoms with Crippen molar-refractivity contribution in [3.05, 3.63) is 34.3 Å². The molecule has 0 aromatic heterocycles. The number of carbonyl (C=O) groups excluding carboxylic acids is 1. The zero-order chi connectivity index (χ0) is 16.4. The SMILES string of the molecule is CC(NC(=O)C1(S(C)(=O)=O)CCNCC1)c1ccc(Br)cc1.Cl. The minimum atomic E-state index is -3.48. The summed E-state index contributed by atoms with van der Waals surface area (Å²) in [5.41, 5.74) is 0.939. The number of amides is 1. The van der Waals surface area contributed by atoms with Gasteiger partial charge < -0.3 is 10.6 Å². The summed E-state index contributed by atoms with van der Waals surface area (Å²) in [4.78, 5) is 12.7. The molecule has 1 amide bonds. The third kappa shape index (κ3) is 4.47. The first-order valence-electron chi connectivity index (χ1n) is 7.23. The molecule has 1 heterocycles. The van der Waals surface area contributed by atoms with Gasteiger partial charge >= 0.3 is 0 Å². The molecule has 0 radical (unpaired) electrons. The average molecular weight is 426 g/mol. The highest BCUT2D eigenvalue weighted by atomic mass is 79.9. The lowest BCUT2D eigenvalue weighted by Crippen LogP contribution is -2.57. The quantitative estimate of drug-likeness (QED) is 0.775. The molecular formula is C15H22BrClN2O3S. The van der Waals surface area contributed by atoms with Gasteiger partial charge in [-0.3, -0.25) is 4.79 Å². The second kappa shape index (κ2) is 7.96. The molecule has 1 aromatic rings. The van der Waals surface area contributed by atoms with Crippen molar-refractivity contribution < 1.29 is 13.2 Å². The van der Waals surface area contributed by atoms with E-state index < -0.39 is 20.5 Å². The lowest BCUT2D eigenvalue weighted by molar-refractivity contribution is -0.125. The van der Waals surface area contributed by atoms with Gasteiger partial charge in [-0.25, -0.2) is 8.42 Å². The maximum Gasteiger partial charge on any atom is 0.242 e. The Morgan fingerprint density at radius 1 is 1.26 bits per heavy atom. The number of hydrogen-bond acceptors (Lipinski definition) is 4. The van der Waals surface area contributed by atoms with Crippen LogP contribution in [0.25, 0.3) is 0 Å². The zero-order valence-corrected chi connectivity index (χ0v) is 16.4. The molecule has 1 atom stereocenters. The zero-order valence-electron chi connectivity index (χ0n) is 13.1. The van der Waals surface area contributed by atoms with E-state index in [2.05, 4.69) is 26.6 Å². The number of benzene rings is 1. The van der Waals surface area contributed by atoms with Crippen molar-refractivity contribution in [3.8, 4) is 0 Å². The van der Waals surface area contributed by atoms with Crippen LogP contribution in [0, 0.1) is 0 Å². The van der Waals surface area contributed by atoms with Gasteiger partial charge in [-0.2, -0.15) is 0 Å². The molecule has 2 N–H and O–H groups in total. The third-order valence-electron chi connectivity index (χ3n) is 4.25. The Bertz CT molecular complexity index is 643. The summed E-state index contributed by atoms with van der Waals surface area (Å²) in [5, 5.41) is 5.98. The van der Waals surface area contributed by atoms with Crippen LogP contribution in [0.15, 0.2) is 28.7 Å². The highest BCUT2D eigenvalue weighted by Crippen LogP contribution is 2.29. The van der Waals surface area contributed by atoms with Gasteiger partial charge in [-0.15, -0.1) is 12.4 Å². The first kappa shape index (κ1) is 20.4. The molecule has 5 nitrogen and oxygen atoms in total. The average Bonchev–Trinajstić information content (AvgIpc) is 2.47. The van der Waals surface area contributed by atoms with Gasteiger partial charge in [0.15, 0.2) is 14.6 Å². The first-order valence-corrected chi connectivity index (χ1v) is 9.91. The van der Waals surface area contributed by atoms with Gasteiger partial charge in [0.2, 0.25) is 5.91 Å². The fraction of sp³-hybridized carbons (Fsp3) is 0.533. The molecule has 23 heavy (non-hydrogen) atoms. The van der Waals surface area contributed by atoms with E-state index >= 15 is 0 Å². The molecule has 0 bridgehead atoms. The number of nitrogens with one attached hydrogen (secondary N) is 2. The molecule has 0 saturated carbocycles. The number of rotatable bonds is 4. The lowest BCUT2D eigenvalue weighted by atomic mass is 9.95. The van der Waals surface area contributed by atoms with Gasteiger partial charge in [0.05, 0.1) is 6.04 Å². The molecule has 0 aliphatic carbocycles. The van der Waals surface area contributed by atoms with E-state index in [1.54, 1.807) is 0 Å². The summed E-state index contributed by atoms with van der Waals surface area (Å²) in [7, 11) is -3.48. The van der Waals surface area contributed by atoms with Crippen LogP contribution in [0.2, 0.25) is 0 Å². The molecule has 1 aliphatic rings. The van der Waals surface area contributed by atoms with E-state index in [1.165, 1.54) is 0 Å². The molecule has 130 valence electrons. The molecule has 1 unspecified atom stereocenters. The number of piperidine rings is 1. The second-order valence-corrected chi connectivity index (χ2v) is 9.00. The predicted octanol–water partition coefficient (Wildman–Crippen LogP) is 2.21.